The van der Waals surface area contributed by atoms with E-state index in [1.807, 2.05) is 119 Å². The van der Waals surface area contributed by atoms with Crippen LogP contribution < -0.4 is 48.7 Å². The van der Waals surface area contributed by atoms with Gasteiger partial charge in [0.15, 0.2) is 5.78 Å². The Labute approximate surface area is 584 Å². The maximum atomic E-state index is 15.7. The maximum Gasteiger partial charge on any atom is 0.258 e. The number of ketones is 1. The largest absolute Gasteiger partial charge is 0.343 e. The van der Waals surface area contributed by atoms with E-state index in [1.165, 1.54) is 28.4 Å². The number of amides is 9. The Balaban J connectivity index is 1.33. The summed E-state index contributed by atoms with van der Waals surface area (Å²) in [5, 5.41) is 21.0. The highest BCUT2D eigenvalue weighted by molar-refractivity contribution is 8.10. The van der Waals surface area contributed by atoms with Crippen molar-refractivity contribution in [1.82, 2.24) is 47.0 Å². The summed E-state index contributed by atoms with van der Waals surface area (Å²) in [6.45, 7) is 26.0. The number of nitrogens with zero attached hydrogens (tertiary/aromatic N) is 2. The van der Waals surface area contributed by atoms with Gasteiger partial charge in [-0.2, -0.15) is 0 Å². The summed E-state index contributed by atoms with van der Waals surface area (Å²) in [4.78, 5) is 155. The summed E-state index contributed by atoms with van der Waals surface area (Å²) in [6, 6.07) is -1.03. The molecule has 7 rings (SSSR count). The Morgan fingerprint density at radius 1 is 0.536 bits per heavy atom. The molecule has 97 heavy (non-hydrogen) atoms. The molecule has 0 spiro atoms. The van der Waals surface area contributed by atoms with Crippen molar-refractivity contribution < 1.29 is 47.9 Å². The van der Waals surface area contributed by atoms with Crippen molar-refractivity contribution in [3.05, 3.63) is 80.2 Å². The van der Waals surface area contributed by atoms with Gasteiger partial charge in [0.05, 0.1) is 25.3 Å². The van der Waals surface area contributed by atoms with E-state index < -0.39 is 129 Å². The van der Waals surface area contributed by atoms with E-state index in [0.717, 1.165) is 41.6 Å². The van der Waals surface area contributed by atoms with E-state index in [0.29, 0.717) is 66.7 Å². The molecule has 4 bridgehead atoms. The maximum absolute atomic E-state index is 15.7. The lowest BCUT2D eigenvalue weighted by Gasteiger charge is -2.47. The molecule has 2 saturated heterocycles. The molecule has 0 radical (unpaired) electrons. The van der Waals surface area contributed by atoms with Crippen molar-refractivity contribution >= 4 is 82.5 Å². The molecule has 1 aromatic rings. The molecule has 1 aromatic carbocycles. The van der Waals surface area contributed by atoms with Crippen LogP contribution in [-0.2, 0) is 54.4 Å². The number of carbonyl (C=O) groups excluding carboxylic acids is 10. The van der Waals surface area contributed by atoms with Gasteiger partial charge in [0.2, 0.25) is 47.3 Å². The van der Waals surface area contributed by atoms with Crippen LogP contribution in [0.3, 0.4) is 0 Å². The molecule has 4 heterocycles. The van der Waals surface area contributed by atoms with Gasteiger partial charge in [-0.3, -0.25) is 47.9 Å². The molecule has 6 aliphatic rings. The lowest BCUT2D eigenvalue weighted by Crippen LogP contribution is -2.62. The predicted octanol–water partition coefficient (Wildman–Crippen LogP) is 7.47. The third-order valence-electron chi connectivity index (χ3n) is 20.5. The standard InChI is InChI=1S/C74H113N11O10S2/c1-14-17-34-85-58(38-44(8)9)67(90)82-61(45(10)15-2)69(92)78-53(30-23-33-76)65(88)80-55(37-43(6)7)71(94)84-35-24-31-57(84)63(86)59-40-50-48-27-21-28-49(48)51-41-60(97-74(51,13)73(50,12)96-59)68(91)83-62(46(11)16-3)70(93)77-52(29-22-32-75)64(87)79-54(36-42(4)5)66(89)81-56(72(85)95)39-47-25-19-18-20-26-47/h18-20,25-26,40-46,52-58,61-62H,14-17,21-24,27-39,75-76H2,1-13H3,(H,77,93)(H,78,92)(H,79,87)(H,80,88)(H,81,89)(H,82,90)(H,83,91)/t45-,46-,52-,53-,54-,55-,56+,57+,58-,61-,62-,73-,74-/m0/s1. The van der Waals surface area contributed by atoms with Crippen molar-refractivity contribution in [3.8, 4) is 0 Å². The number of allylic oxidation sites excluding steroid dienone is 4. The molecule has 4 aliphatic heterocycles. The number of nitrogens with one attached hydrogen (secondary N) is 7. The topological polar surface area (TPSA) is 313 Å². The highest BCUT2D eigenvalue weighted by Crippen LogP contribution is 2.68. The van der Waals surface area contributed by atoms with E-state index in [2.05, 4.69) is 51.1 Å². The second kappa shape index (κ2) is 35.1. The zero-order valence-corrected chi connectivity index (χ0v) is 61.6. The number of fused-ring (bicyclic) bond motifs is 4. The number of benzene rings is 1. The SMILES string of the molecule is CCCCN1C(=O)[C@@H](Cc2ccccc2)NC(=O)[C@H](CC(C)C)NC(=O)[C@H](CCCN)NC(=O)[C@H]([C@@H](C)CC)NC(=O)C2=CC3=C4CCCC4=C4C=C(S[C@]4(C)[C@@]3(C)S2)C(=O)[C@H]2CCCN2C(=O)[C@H](CC(C)C)NC(=O)[C@H](CCCN)NC(=O)[C@H]([C@@H](C)CC)NC(=O)[C@@H]1CC(C)C. The van der Waals surface area contributed by atoms with Crippen molar-refractivity contribution in [3.63, 3.8) is 0 Å². The zero-order chi connectivity index (χ0) is 71.2. The molecule has 536 valence electrons. The number of hydrogen-bond donors (Lipinski definition) is 9. The van der Waals surface area contributed by atoms with Gasteiger partial charge in [-0.25, -0.2) is 0 Å². The number of nitrogens with two attached hydrogens (primary N) is 2. The molecule has 23 heteroatoms. The molecule has 1 saturated carbocycles. The van der Waals surface area contributed by atoms with Crippen LogP contribution in [-0.4, -0.2) is 159 Å². The van der Waals surface area contributed by atoms with Crippen molar-refractivity contribution in [2.75, 3.05) is 26.2 Å². The first-order chi connectivity index (χ1) is 46.1. The normalized spacial score (nSPS) is 29.2. The summed E-state index contributed by atoms with van der Waals surface area (Å²) < 4.78 is -1.51. The second-order valence-electron chi connectivity index (χ2n) is 29.3. The summed E-state index contributed by atoms with van der Waals surface area (Å²) in [6.07, 6.45) is 10.8. The molecule has 13 atom stereocenters. The van der Waals surface area contributed by atoms with Gasteiger partial charge in [-0.05, 0) is 180 Å². The van der Waals surface area contributed by atoms with Crippen LogP contribution in [0.25, 0.3) is 0 Å². The summed E-state index contributed by atoms with van der Waals surface area (Å²) in [5.74, 6) is -6.66. The highest BCUT2D eigenvalue weighted by atomic mass is 32.2. The summed E-state index contributed by atoms with van der Waals surface area (Å²) in [7, 11) is 0. The summed E-state index contributed by atoms with van der Waals surface area (Å²) >= 11 is 2.87. The van der Waals surface area contributed by atoms with E-state index >= 15 is 28.8 Å². The number of unbranched alkanes of at least 4 members (excludes halogenated alkanes) is 1. The fourth-order valence-corrected chi connectivity index (χ4v) is 17.5. The third-order valence-corrected chi connectivity index (χ3v) is 23.8. The van der Waals surface area contributed by atoms with E-state index in [9.17, 15) is 19.2 Å². The van der Waals surface area contributed by atoms with Crippen LogP contribution in [0.5, 0.6) is 0 Å². The highest BCUT2D eigenvalue weighted by Gasteiger charge is 2.61. The Morgan fingerprint density at radius 2 is 1.02 bits per heavy atom. The first-order valence-corrected chi connectivity index (χ1v) is 37.7. The number of thioether (sulfide) groups is 2. The van der Waals surface area contributed by atoms with Gasteiger partial charge >= 0.3 is 0 Å². The Kier molecular flexibility index (Phi) is 28.3. The number of Topliss-reactive ketones (excluding diaryl/α,β-unsaturated/α-hetero) is 1. The molecule has 11 N–H and O–H groups in total. The first kappa shape index (κ1) is 78.0. The average Bonchev–Trinajstić information content (AvgIpc) is 1.53. The van der Waals surface area contributed by atoms with Crippen LogP contribution in [0.4, 0.5) is 0 Å². The second-order valence-corrected chi connectivity index (χ2v) is 32.3. The van der Waals surface area contributed by atoms with Gasteiger partial charge in [-0.1, -0.05) is 126 Å². The number of rotatable bonds is 21. The smallest absolute Gasteiger partial charge is 0.258 e. The van der Waals surface area contributed by atoms with Gasteiger partial charge in [-0.15, -0.1) is 23.5 Å². The fourth-order valence-electron chi connectivity index (χ4n) is 14.4. The molecule has 21 nitrogen and oxygen atoms in total. The van der Waals surface area contributed by atoms with Crippen molar-refractivity contribution in [2.45, 2.75) is 263 Å². The molecular formula is C74H113N11O10S2. The lowest BCUT2D eigenvalue weighted by molar-refractivity contribution is -0.145. The van der Waals surface area contributed by atoms with E-state index in [1.54, 1.807) is 4.90 Å². The molecule has 9 amide bonds. The zero-order valence-electron chi connectivity index (χ0n) is 59.9. The fraction of sp³-hybridized carbons (Fsp3) is 0.676. The molecular weight excluding hydrogens is 1270 g/mol. The predicted molar refractivity (Wildman–Crippen MR) is 384 cm³/mol. The minimum absolute atomic E-state index is 0.0115. The number of hydrogen-bond acceptors (Lipinski definition) is 14. The van der Waals surface area contributed by atoms with Crippen molar-refractivity contribution in [2.24, 2.45) is 41.1 Å². The first-order valence-electron chi connectivity index (χ1n) is 36.1. The third kappa shape index (κ3) is 18.6. The van der Waals surface area contributed by atoms with Crippen molar-refractivity contribution in [1.29, 1.82) is 0 Å². The van der Waals surface area contributed by atoms with Gasteiger partial charge in [0, 0.05) is 19.5 Å². The van der Waals surface area contributed by atoms with Gasteiger partial charge in [0.1, 0.15) is 48.3 Å². The molecule has 3 fully saturated rings. The average molecular weight is 1380 g/mol. The van der Waals surface area contributed by atoms with Crippen LogP contribution in [0.1, 0.15) is 198 Å². The molecule has 0 aromatic heterocycles. The minimum Gasteiger partial charge on any atom is -0.343 e. The van der Waals surface area contributed by atoms with E-state index in [4.69, 9.17) is 11.5 Å². The van der Waals surface area contributed by atoms with Gasteiger partial charge < -0.3 is 58.5 Å². The van der Waals surface area contributed by atoms with Crippen LogP contribution in [0.15, 0.2) is 74.6 Å². The Hall–Kier alpha value is -6.30. The minimum atomic E-state index is -1.26. The Morgan fingerprint density at radius 3 is 1.55 bits per heavy atom. The summed E-state index contributed by atoms with van der Waals surface area (Å²) in [5.41, 5.74) is 17.2. The molecule has 2 aliphatic carbocycles. The molecule has 0 unspecified atom stereocenters. The quantitative estimate of drug-likeness (QED) is 0.0577. The number of carbonyl (C=O) groups is 10. The van der Waals surface area contributed by atoms with Crippen LogP contribution in [0, 0.1) is 29.6 Å². The lowest BCUT2D eigenvalue weighted by atomic mass is 9.72. The van der Waals surface area contributed by atoms with E-state index in [-0.39, 0.29) is 88.2 Å². The van der Waals surface area contributed by atoms with Gasteiger partial charge in [0.25, 0.3) is 5.91 Å². The van der Waals surface area contributed by atoms with Crippen LogP contribution in [0.2, 0.25) is 0 Å². The Bertz CT molecular complexity index is 3190. The van der Waals surface area contributed by atoms with Crippen LogP contribution >= 0.6 is 23.5 Å². The monoisotopic (exact) mass is 1380 g/mol.